The van der Waals surface area contributed by atoms with Gasteiger partial charge < -0.3 is 15.4 Å². The third-order valence-corrected chi connectivity index (χ3v) is 3.73. The molecule has 4 heteroatoms. The third-order valence-electron chi connectivity index (χ3n) is 3.73. The molecule has 116 valence electrons. The second-order valence-corrected chi connectivity index (χ2v) is 5.36. The zero-order valence-corrected chi connectivity index (χ0v) is 13.4. The number of para-hydroxylation sites is 2. The Morgan fingerprint density at radius 1 is 1.09 bits per heavy atom. The molecule has 2 aromatic carbocycles. The average Bonchev–Trinajstić information content (AvgIpc) is 2.50. The first-order valence-corrected chi connectivity index (χ1v) is 7.29. The molecule has 0 heterocycles. The predicted octanol–water partition coefficient (Wildman–Crippen LogP) is 4.19. The molecule has 0 spiro atoms. The molecule has 0 aliphatic rings. The summed E-state index contributed by atoms with van der Waals surface area (Å²) < 4.78 is 5.22. The molecule has 22 heavy (non-hydrogen) atoms. The fourth-order valence-electron chi connectivity index (χ4n) is 2.22. The van der Waals surface area contributed by atoms with E-state index < -0.39 is 0 Å². The van der Waals surface area contributed by atoms with Crippen molar-refractivity contribution in [3.8, 4) is 5.75 Å². The van der Waals surface area contributed by atoms with E-state index in [1.807, 2.05) is 31.2 Å². The van der Waals surface area contributed by atoms with Gasteiger partial charge in [-0.1, -0.05) is 30.3 Å². The number of hydrogen-bond donors (Lipinski definition) is 2. The molecule has 0 fully saturated rings. The van der Waals surface area contributed by atoms with Crippen LogP contribution in [0, 0.1) is 13.8 Å². The molecule has 0 saturated heterocycles. The molecule has 2 N–H and O–H groups in total. The summed E-state index contributed by atoms with van der Waals surface area (Å²) in [4.78, 5) is 12.1. The molecule has 0 aliphatic carbocycles. The van der Waals surface area contributed by atoms with Crippen LogP contribution in [0.15, 0.2) is 42.5 Å². The molecule has 2 aromatic rings. The van der Waals surface area contributed by atoms with E-state index in [0.29, 0.717) is 11.4 Å². The van der Waals surface area contributed by atoms with E-state index in [4.69, 9.17) is 4.74 Å². The Labute approximate surface area is 131 Å². The average molecular weight is 298 g/mol. The van der Waals surface area contributed by atoms with Crippen LogP contribution in [0.2, 0.25) is 0 Å². The topological polar surface area (TPSA) is 50.4 Å². The Bertz CT molecular complexity index is 668. The lowest BCUT2D eigenvalue weighted by atomic mass is 10.0. The second kappa shape index (κ2) is 6.98. The fraction of sp³-hybridized carbons (Fsp3) is 0.278. The van der Waals surface area contributed by atoms with Gasteiger partial charge in [0.25, 0.3) is 0 Å². The van der Waals surface area contributed by atoms with Crippen LogP contribution >= 0.6 is 0 Å². The summed E-state index contributed by atoms with van der Waals surface area (Å²) in [5, 5.41) is 5.75. The van der Waals surface area contributed by atoms with Crippen LogP contribution in [-0.2, 0) is 0 Å². The quantitative estimate of drug-likeness (QED) is 0.889. The van der Waals surface area contributed by atoms with Gasteiger partial charge in [0.05, 0.1) is 18.8 Å². The minimum absolute atomic E-state index is 0.0750. The van der Waals surface area contributed by atoms with Crippen molar-refractivity contribution in [2.24, 2.45) is 0 Å². The summed E-state index contributed by atoms with van der Waals surface area (Å²) in [6.45, 7) is 6.11. The van der Waals surface area contributed by atoms with Crippen LogP contribution in [0.25, 0.3) is 0 Å². The van der Waals surface area contributed by atoms with Crippen LogP contribution in [-0.4, -0.2) is 13.1 Å². The van der Waals surface area contributed by atoms with Gasteiger partial charge in [0, 0.05) is 0 Å². The lowest BCUT2D eigenvalue weighted by Crippen LogP contribution is -2.31. The first-order chi connectivity index (χ1) is 10.5. The van der Waals surface area contributed by atoms with Crippen molar-refractivity contribution >= 4 is 11.7 Å². The summed E-state index contributed by atoms with van der Waals surface area (Å²) >= 11 is 0. The second-order valence-electron chi connectivity index (χ2n) is 5.36. The molecular weight excluding hydrogens is 276 g/mol. The zero-order valence-electron chi connectivity index (χ0n) is 13.4. The van der Waals surface area contributed by atoms with Crippen molar-refractivity contribution in [2.45, 2.75) is 26.8 Å². The Morgan fingerprint density at radius 2 is 1.82 bits per heavy atom. The van der Waals surface area contributed by atoms with Crippen molar-refractivity contribution in [1.29, 1.82) is 0 Å². The van der Waals surface area contributed by atoms with E-state index in [-0.39, 0.29) is 12.1 Å². The lowest BCUT2D eigenvalue weighted by Gasteiger charge is -2.17. The van der Waals surface area contributed by atoms with Gasteiger partial charge in [-0.05, 0) is 49.6 Å². The SMILES string of the molecule is COc1ccccc1NC(=O)NC(C)c1ccc(C)c(C)c1. The van der Waals surface area contributed by atoms with Gasteiger partial charge in [-0.15, -0.1) is 0 Å². The normalized spacial score (nSPS) is 11.6. The van der Waals surface area contributed by atoms with Crippen molar-refractivity contribution < 1.29 is 9.53 Å². The van der Waals surface area contributed by atoms with Gasteiger partial charge in [0.1, 0.15) is 5.75 Å². The number of amides is 2. The Hall–Kier alpha value is -2.49. The van der Waals surface area contributed by atoms with Crippen LogP contribution in [0.3, 0.4) is 0 Å². The molecule has 0 saturated carbocycles. The molecule has 1 unspecified atom stereocenters. The molecule has 0 bridgehead atoms. The first kappa shape index (κ1) is 15.9. The highest BCUT2D eigenvalue weighted by atomic mass is 16.5. The smallest absolute Gasteiger partial charge is 0.319 e. The van der Waals surface area contributed by atoms with Crippen molar-refractivity contribution in [3.05, 3.63) is 59.2 Å². The number of nitrogens with one attached hydrogen (secondary N) is 2. The van der Waals surface area contributed by atoms with E-state index >= 15 is 0 Å². The van der Waals surface area contributed by atoms with Crippen LogP contribution in [0.4, 0.5) is 10.5 Å². The molecule has 0 aliphatic heterocycles. The predicted molar refractivity (Wildman–Crippen MR) is 89.5 cm³/mol. The molecular formula is C18H22N2O2. The van der Waals surface area contributed by atoms with Gasteiger partial charge in [-0.3, -0.25) is 0 Å². The maximum atomic E-state index is 12.1. The fourth-order valence-corrected chi connectivity index (χ4v) is 2.22. The van der Waals surface area contributed by atoms with E-state index in [9.17, 15) is 4.79 Å². The number of benzene rings is 2. The Balaban J connectivity index is 2.03. The number of urea groups is 1. The number of carbonyl (C=O) groups is 1. The van der Waals surface area contributed by atoms with Gasteiger partial charge in [0.15, 0.2) is 0 Å². The van der Waals surface area contributed by atoms with Gasteiger partial charge in [0.2, 0.25) is 0 Å². The number of methoxy groups -OCH3 is 1. The number of hydrogen-bond acceptors (Lipinski definition) is 2. The Morgan fingerprint density at radius 3 is 2.50 bits per heavy atom. The lowest BCUT2D eigenvalue weighted by molar-refractivity contribution is 0.249. The molecule has 0 aromatic heterocycles. The number of aryl methyl sites for hydroxylation is 2. The van der Waals surface area contributed by atoms with Crippen LogP contribution in [0.1, 0.15) is 29.7 Å². The number of carbonyl (C=O) groups excluding carboxylic acids is 1. The monoisotopic (exact) mass is 298 g/mol. The molecule has 1 atom stereocenters. The van der Waals surface area contributed by atoms with Crippen LogP contribution in [0.5, 0.6) is 5.75 Å². The van der Waals surface area contributed by atoms with Gasteiger partial charge >= 0.3 is 6.03 Å². The maximum absolute atomic E-state index is 12.1. The molecule has 4 nitrogen and oxygen atoms in total. The summed E-state index contributed by atoms with van der Waals surface area (Å²) in [7, 11) is 1.58. The highest BCUT2D eigenvalue weighted by molar-refractivity contribution is 5.91. The van der Waals surface area contributed by atoms with Crippen molar-refractivity contribution in [3.63, 3.8) is 0 Å². The summed E-state index contributed by atoms with van der Waals surface area (Å²) in [6, 6.07) is 13.2. The molecule has 2 amide bonds. The van der Waals surface area contributed by atoms with Gasteiger partial charge in [-0.2, -0.15) is 0 Å². The van der Waals surface area contributed by atoms with E-state index in [1.54, 1.807) is 13.2 Å². The molecule has 2 rings (SSSR count). The van der Waals surface area contributed by atoms with Gasteiger partial charge in [-0.25, -0.2) is 4.79 Å². The number of anilines is 1. The molecule has 0 radical (unpaired) electrons. The number of ether oxygens (including phenoxy) is 1. The van der Waals surface area contributed by atoms with E-state index in [1.165, 1.54) is 11.1 Å². The third kappa shape index (κ3) is 3.79. The summed E-state index contributed by atoms with van der Waals surface area (Å²) in [5.74, 6) is 0.636. The Kier molecular flexibility index (Phi) is 5.04. The highest BCUT2D eigenvalue weighted by Crippen LogP contribution is 2.23. The van der Waals surface area contributed by atoms with E-state index in [2.05, 4.69) is 36.6 Å². The summed E-state index contributed by atoms with van der Waals surface area (Å²) in [6.07, 6.45) is 0. The minimum atomic E-state index is -0.254. The van der Waals surface area contributed by atoms with Crippen molar-refractivity contribution in [2.75, 3.05) is 12.4 Å². The minimum Gasteiger partial charge on any atom is -0.495 e. The highest BCUT2D eigenvalue weighted by Gasteiger charge is 2.11. The maximum Gasteiger partial charge on any atom is 0.319 e. The number of rotatable bonds is 4. The van der Waals surface area contributed by atoms with E-state index in [0.717, 1.165) is 5.56 Å². The summed E-state index contributed by atoms with van der Waals surface area (Å²) in [5.41, 5.74) is 4.19. The standard InChI is InChI=1S/C18H22N2O2/c1-12-9-10-15(11-13(12)2)14(3)19-18(21)20-16-7-5-6-8-17(16)22-4/h5-11,14H,1-4H3,(H2,19,20,21). The van der Waals surface area contributed by atoms with Crippen LogP contribution < -0.4 is 15.4 Å². The first-order valence-electron chi connectivity index (χ1n) is 7.29. The zero-order chi connectivity index (χ0) is 16.1. The largest absolute Gasteiger partial charge is 0.495 e. The van der Waals surface area contributed by atoms with Crippen molar-refractivity contribution in [1.82, 2.24) is 5.32 Å².